The van der Waals surface area contributed by atoms with Gasteiger partial charge in [0.05, 0.1) is 20.8 Å². The summed E-state index contributed by atoms with van der Waals surface area (Å²) in [5.41, 5.74) is 4.02. The van der Waals surface area contributed by atoms with Crippen LogP contribution in [0.15, 0.2) is 36.4 Å². The van der Waals surface area contributed by atoms with Crippen molar-refractivity contribution in [1.82, 2.24) is 0 Å². The van der Waals surface area contributed by atoms with Crippen molar-refractivity contribution in [2.75, 3.05) is 19.5 Å². The Balaban J connectivity index is 1.73. The van der Waals surface area contributed by atoms with Crippen LogP contribution in [0.4, 0.5) is 5.69 Å². The molecule has 0 bridgehead atoms. The number of hydrogen-bond donors (Lipinski definition) is 1. The van der Waals surface area contributed by atoms with Gasteiger partial charge in [-0.15, -0.1) is 0 Å². The van der Waals surface area contributed by atoms with Crippen molar-refractivity contribution < 1.29 is 19.0 Å². The zero-order valence-electron chi connectivity index (χ0n) is 13.2. The second-order valence-electron chi connectivity index (χ2n) is 5.31. The number of hydrogen-bond acceptors (Lipinski definition) is 5. The maximum absolute atomic E-state index is 10.9. The summed E-state index contributed by atoms with van der Waals surface area (Å²) in [6.45, 7) is 1.10. The number of methoxy groups -OCH3 is 2. The summed E-state index contributed by atoms with van der Waals surface area (Å²) in [6, 6.07) is 11.7. The van der Waals surface area contributed by atoms with Gasteiger partial charge in [-0.3, -0.25) is 0 Å². The third-order valence-corrected chi connectivity index (χ3v) is 3.97. The van der Waals surface area contributed by atoms with E-state index in [1.54, 1.807) is 14.2 Å². The van der Waals surface area contributed by atoms with Gasteiger partial charge < -0.3 is 24.3 Å². The Morgan fingerprint density at radius 3 is 2.83 bits per heavy atom. The van der Waals surface area contributed by atoms with Crippen LogP contribution in [-0.4, -0.2) is 20.5 Å². The number of fused-ring (bicyclic) bond motifs is 1. The molecule has 1 atom stereocenters. The molecule has 2 aromatic carbocycles. The van der Waals surface area contributed by atoms with Gasteiger partial charge in [0.15, 0.2) is 6.29 Å². The van der Waals surface area contributed by atoms with Crippen molar-refractivity contribution in [3.8, 4) is 11.5 Å². The maximum atomic E-state index is 10.9. The summed E-state index contributed by atoms with van der Waals surface area (Å²) in [4.78, 5) is 10.9. The molecule has 5 heteroatoms. The Hall–Kier alpha value is -2.53. The first-order chi connectivity index (χ1) is 11.2. The summed E-state index contributed by atoms with van der Waals surface area (Å²) in [6.07, 6.45) is 0.405. The second kappa shape index (κ2) is 6.71. The lowest BCUT2D eigenvalue weighted by Crippen LogP contribution is -2.03. The molecule has 0 radical (unpaired) electrons. The van der Waals surface area contributed by atoms with Crippen LogP contribution >= 0.6 is 0 Å². The molecule has 1 heterocycles. The fourth-order valence-corrected chi connectivity index (χ4v) is 2.70. The van der Waals surface area contributed by atoms with Gasteiger partial charge in [0.2, 0.25) is 0 Å². The average Bonchev–Trinajstić information content (AvgIpc) is 3.02. The van der Waals surface area contributed by atoms with E-state index in [-0.39, 0.29) is 0 Å². The zero-order valence-corrected chi connectivity index (χ0v) is 13.2. The summed E-state index contributed by atoms with van der Waals surface area (Å²) < 4.78 is 16.0. The molecular weight excluding hydrogens is 294 g/mol. The van der Waals surface area contributed by atoms with Crippen molar-refractivity contribution >= 4 is 12.0 Å². The highest BCUT2D eigenvalue weighted by atomic mass is 16.5. The van der Waals surface area contributed by atoms with Gasteiger partial charge in [0.25, 0.3) is 0 Å². The smallest absolute Gasteiger partial charge is 0.153 e. The van der Waals surface area contributed by atoms with E-state index in [1.807, 2.05) is 36.4 Å². The standard InChI is InChI=1S/C18H19NO4/c1-21-15-5-3-12(17(8-15)22-2)9-19-14-4-6-16-13(7-14)11-23-18(16)10-20/h3-8,10,18-19H,9,11H2,1-2H3. The van der Waals surface area contributed by atoms with Crippen LogP contribution in [0.25, 0.3) is 0 Å². The van der Waals surface area contributed by atoms with Gasteiger partial charge in [0, 0.05) is 23.9 Å². The molecule has 0 fully saturated rings. The second-order valence-corrected chi connectivity index (χ2v) is 5.31. The van der Waals surface area contributed by atoms with Crippen LogP contribution in [0.5, 0.6) is 11.5 Å². The van der Waals surface area contributed by atoms with E-state index in [0.29, 0.717) is 13.2 Å². The molecule has 5 nitrogen and oxygen atoms in total. The minimum atomic E-state index is -0.430. The van der Waals surface area contributed by atoms with E-state index in [0.717, 1.165) is 40.2 Å². The van der Waals surface area contributed by atoms with Crippen LogP contribution in [0.3, 0.4) is 0 Å². The largest absolute Gasteiger partial charge is 0.497 e. The van der Waals surface area contributed by atoms with Gasteiger partial charge in [-0.05, 0) is 35.4 Å². The molecule has 0 aromatic heterocycles. The topological polar surface area (TPSA) is 56.8 Å². The SMILES string of the molecule is COc1ccc(CNc2ccc3c(c2)COC3C=O)c(OC)c1. The van der Waals surface area contributed by atoms with Crippen molar-refractivity contribution in [3.05, 3.63) is 53.1 Å². The van der Waals surface area contributed by atoms with E-state index in [2.05, 4.69) is 5.32 Å². The molecule has 1 aliphatic rings. The van der Waals surface area contributed by atoms with Crippen molar-refractivity contribution in [2.45, 2.75) is 19.3 Å². The number of carbonyl (C=O) groups excluding carboxylic acids is 1. The molecule has 0 amide bonds. The van der Waals surface area contributed by atoms with Crippen molar-refractivity contribution in [1.29, 1.82) is 0 Å². The minimum absolute atomic E-state index is 0.430. The van der Waals surface area contributed by atoms with E-state index >= 15 is 0 Å². The third-order valence-electron chi connectivity index (χ3n) is 3.97. The minimum Gasteiger partial charge on any atom is -0.497 e. The molecule has 1 unspecified atom stereocenters. The predicted molar refractivity (Wildman–Crippen MR) is 86.9 cm³/mol. The monoisotopic (exact) mass is 313 g/mol. The van der Waals surface area contributed by atoms with Gasteiger partial charge >= 0.3 is 0 Å². The van der Waals surface area contributed by atoms with Crippen LogP contribution < -0.4 is 14.8 Å². The van der Waals surface area contributed by atoms with Gasteiger partial charge in [-0.25, -0.2) is 0 Å². The molecule has 0 spiro atoms. The van der Waals surface area contributed by atoms with E-state index in [4.69, 9.17) is 14.2 Å². The lowest BCUT2D eigenvalue weighted by molar-refractivity contribution is -0.117. The Morgan fingerprint density at radius 1 is 1.22 bits per heavy atom. The maximum Gasteiger partial charge on any atom is 0.153 e. The Labute approximate surface area is 135 Å². The number of nitrogens with one attached hydrogen (secondary N) is 1. The lowest BCUT2D eigenvalue weighted by Gasteiger charge is -2.13. The number of ether oxygens (including phenoxy) is 3. The van der Waals surface area contributed by atoms with Crippen LogP contribution in [0.2, 0.25) is 0 Å². The molecule has 0 saturated carbocycles. The number of benzene rings is 2. The molecule has 0 saturated heterocycles. The van der Waals surface area contributed by atoms with Crippen molar-refractivity contribution in [2.24, 2.45) is 0 Å². The summed E-state index contributed by atoms with van der Waals surface area (Å²) >= 11 is 0. The van der Waals surface area contributed by atoms with Gasteiger partial charge in [-0.2, -0.15) is 0 Å². The molecule has 1 N–H and O–H groups in total. The number of rotatable bonds is 6. The highest BCUT2D eigenvalue weighted by Crippen LogP contribution is 2.31. The lowest BCUT2D eigenvalue weighted by atomic mass is 10.1. The van der Waals surface area contributed by atoms with Gasteiger partial charge in [0.1, 0.15) is 17.6 Å². The number of anilines is 1. The molecule has 120 valence electrons. The highest BCUT2D eigenvalue weighted by Gasteiger charge is 2.22. The predicted octanol–water partition coefficient (Wildman–Crippen LogP) is 3.09. The molecule has 23 heavy (non-hydrogen) atoms. The third kappa shape index (κ3) is 3.14. The molecule has 3 rings (SSSR count). The van der Waals surface area contributed by atoms with Crippen LogP contribution in [0.1, 0.15) is 22.8 Å². The summed E-state index contributed by atoms with van der Waals surface area (Å²) in [5, 5.41) is 3.37. The van der Waals surface area contributed by atoms with Crippen molar-refractivity contribution in [3.63, 3.8) is 0 Å². The fourth-order valence-electron chi connectivity index (χ4n) is 2.70. The van der Waals surface area contributed by atoms with Crippen LogP contribution in [0, 0.1) is 0 Å². The Kier molecular flexibility index (Phi) is 4.48. The summed E-state index contributed by atoms with van der Waals surface area (Å²) in [7, 11) is 3.27. The number of aldehydes is 1. The molecular formula is C18H19NO4. The highest BCUT2D eigenvalue weighted by molar-refractivity contribution is 5.64. The average molecular weight is 313 g/mol. The van der Waals surface area contributed by atoms with E-state index < -0.39 is 6.10 Å². The molecule has 2 aromatic rings. The van der Waals surface area contributed by atoms with E-state index in [9.17, 15) is 4.79 Å². The first-order valence-electron chi connectivity index (χ1n) is 7.39. The first kappa shape index (κ1) is 15.4. The Morgan fingerprint density at radius 2 is 2.09 bits per heavy atom. The van der Waals surface area contributed by atoms with E-state index in [1.165, 1.54) is 0 Å². The molecule has 1 aliphatic heterocycles. The quantitative estimate of drug-likeness (QED) is 0.831. The number of carbonyl (C=O) groups is 1. The molecule has 0 aliphatic carbocycles. The normalized spacial score (nSPS) is 15.8. The summed E-state index contributed by atoms with van der Waals surface area (Å²) in [5.74, 6) is 1.54. The Bertz CT molecular complexity index is 714. The fraction of sp³-hybridized carbons (Fsp3) is 0.278. The van der Waals surface area contributed by atoms with Crippen LogP contribution in [-0.2, 0) is 22.7 Å². The van der Waals surface area contributed by atoms with Gasteiger partial charge in [-0.1, -0.05) is 6.07 Å². The first-order valence-corrected chi connectivity index (χ1v) is 7.39. The zero-order chi connectivity index (χ0) is 16.2.